The molecule has 2 atom stereocenters. The second-order valence-electron chi connectivity index (χ2n) is 7.68. The molecular weight excluding hydrogens is 358 g/mol. The minimum absolute atomic E-state index is 0.0383. The number of thiophene rings is 1. The van der Waals surface area contributed by atoms with E-state index in [2.05, 4.69) is 56.9 Å². The van der Waals surface area contributed by atoms with Crippen molar-refractivity contribution >= 4 is 21.6 Å². The SMILES string of the molecule is Cc1ccc(-c2c(C)sc3nc(C[NH+]4C[C@H](C)O[C@@H](C)C4)[nH]c(=O)c23)cc1. The Morgan fingerprint density at radius 2 is 1.85 bits per heavy atom. The number of rotatable bonds is 3. The highest BCUT2D eigenvalue weighted by Crippen LogP contribution is 2.35. The number of morpholine rings is 1. The van der Waals surface area contributed by atoms with Crippen molar-refractivity contribution in [1.29, 1.82) is 0 Å². The van der Waals surface area contributed by atoms with Crippen molar-refractivity contribution in [3.8, 4) is 11.1 Å². The van der Waals surface area contributed by atoms with Gasteiger partial charge < -0.3 is 14.6 Å². The topological polar surface area (TPSA) is 59.4 Å². The smallest absolute Gasteiger partial charge is 0.260 e. The van der Waals surface area contributed by atoms with Gasteiger partial charge in [-0.05, 0) is 33.3 Å². The molecule has 2 aromatic heterocycles. The first kappa shape index (κ1) is 18.3. The lowest BCUT2D eigenvalue weighted by Crippen LogP contribution is -3.14. The van der Waals surface area contributed by atoms with Gasteiger partial charge in [-0.2, -0.15) is 0 Å². The van der Waals surface area contributed by atoms with Crippen molar-refractivity contribution in [2.24, 2.45) is 0 Å². The number of aryl methyl sites for hydroxylation is 2. The number of hydrogen-bond acceptors (Lipinski definition) is 4. The normalized spacial score (nSPS) is 23.0. The monoisotopic (exact) mass is 384 g/mol. The Bertz CT molecular complexity index is 1010. The maximum Gasteiger partial charge on any atom is 0.260 e. The van der Waals surface area contributed by atoms with Crippen LogP contribution < -0.4 is 10.5 Å². The lowest BCUT2D eigenvalue weighted by atomic mass is 10.0. The largest absolute Gasteiger partial charge is 0.364 e. The van der Waals surface area contributed by atoms with Gasteiger partial charge in [0, 0.05) is 10.4 Å². The third kappa shape index (κ3) is 3.70. The minimum Gasteiger partial charge on any atom is -0.364 e. The Morgan fingerprint density at radius 3 is 2.52 bits per heavy atom. The number of ether oxygens (including phenoxy) is 1. The first-order valence-corrected chi connectivity index (χ1v) is 10.3. The molecule has 4 rings (SSSR count). The number of fused-ring (bicyclic) bond motifs is 1. The molecule has 0 aliphatic carbocycles. The lowest BCUT2D eigenvalue weighted by molar-refractivity contribution is -0.928. The molecule has 2 N–H and O–H groups in total. The molecule has 6 heteroatoms. The van der Waals surface area contributed by atoms with E-state index in [4.69, 9.17) is 9.72 Å². The molecule has 1 saturated heterocycles. The quantitative estimate of drug-likeness (QED) is 0.729. The van der Waals surface area contributed by atoms with Gasteiger partial charge in [0.05, 0.1) is 5.39 Å². The molecule has 3 heterocycles. The molecule has 142 valence electrons. The highest BCUT2D eigenvalue weighted by Gasteiger charge is 2.26. The number of aromatic nitrogens is 2. The Labute approximate surface area is 163 Å². The molecule has 0 spiro atoms. The second kappa shape index (κ2) is 7.19. The molecule has 0 bridgehead atoms. The Hall–Kier alpha value is -2.02. The summed E-state index contributed by atoms with van der Waals surface area (Å²) in [5, 5.41) is 0.712. The predicted octanol–water partition coefficient (Wildman–Crippen LogP) is 2.46. The summed E-state index contributed by atoms with van der Waals surface area (Å²) in [6.45, 7) is 10.9. The molecular formula is C21H26N3O2S+. The van der Waals surface area contributed by atoms with Crippen molar-refractivity contribution in [2.75, 3.05) is 13.1 Å². The number of aromatic amines is 1. The second-order valence-corrected chi connectivity index (χ2v) is 8.89. The minimum atomic E-state index is -0.0383. The van der Waals surface area contributed by atoms with Crippen LogP contribution in [0.4, 0.5) is 0 Å². The van der Waals surface area contributed by atoms with Gasteiger partial charge in [0.15, 0.2) is 5.82 Å². The van der Waals surface area contributed by atoms with E-state index >= 15 is 0 Å². The van der Waals surface area contributed by atoms with Crippen LogP contribution in [-0.4, -0.2) is 35.3 Å². The van der Waals surface area contributed by atoms with Gasteiger partial charge in [0.1, 0.15) is 36.7 Å². The summed E-state index contributed by atoms with van der Waals surface area (Å²) in [4.78, 5) is 24.1. The van der Waals surface area contributed by atoms with Crippen molar-refractivity contribution in [1.82, 2.24) is 9.97 Å². The van der Waals surface area contributed by atoms with Crippen molar-refractivity contribution in [2.45, 2.75) is 46.4 Å². The van der Waals surface area contributed by atoms with E-state index in [0.717, 1.165) is 46.3 Å². The van der Waals surface area contributed by atoms with Crippen LogP contribution in [0.2, 0.25) is 0 Å². The zero-order valence-corrected chi connectivity index (χ0v) is 17.1. The first-order chi connectivity index (χ1) is 12.9. The van der Waals surface area contributed by atoms with Crippen molar-refractivity contribution in [3.63, 3.8) is 0 Å². The molecule has 1 aromatic carbocycles. The van der Waals surface area contributed by atoms with Gasteiger partial charge in [0.25, 0.3) is 5.56 Å². The summed E-state index contributed by atoms with van der Waals surface area (Å²) < 4.78 is 5.81. The molecule has 1 aliphatic heterocycles. The van der Waals surface area contributed by atoms with Gasteiger partial charge in [-0.25, -0.2) is 4.98 Å². The van der Waals surface area contributed by atoms with Crippen LogP contribution in [0.5, 0.6) is 0 Å². The Balaban J connectivity index is 1.71. The van der Waals surface area contributed by atoms with Gasteiger partial charge in [0.2, 0.25) is 0 Å². The van der Waals surface area contributed by atoms with Gasteiger partial charge >= 0.3 is 0 Å². The lowest BCUT2D eigenvalue weighted by Gasteiger charge is -2.32. The molecule has 1 fully saturated rings. The van der Waals surface area contributed by atoms with E-state index in [-0.39, 0.29) is 17.8 Å². The first-order valence-electron chi connectivity index (χ1n) is 9.49. The van der Waals surface area contributed by atoms with Crippen LogP contribution in [0.15, 0.2) is 29.1 Å². The van der Waals surface area contributed by atoms with Crippen molar-refractivity contribution in [3.05, 3.63) is 50.9 Å². The van der Waals surface area contributed by atoms with Gasteiger partial charge in [-0.3, -0.25) is 4.79 Å². The third-order valence-electron chi connectivity index (χ3n) is 5.16. The molecule has 0 unspecified atom stereocenters. The molecule has 5 nitrogen and oxygen atoms in total. The van der Waals surface area contributed by atoms with E-state index in [9.17, 15) is 4.79 Å². The van der Waals surface area contributed by atoms with Gasteiger partial charge in [-0.1, -0.05) is 29.8 Å². The molecule has 0 saturated carbocycles. The standard InChI is InChI=1S/C21H25N3O2S/c1-12-5-7-16(8-6-12)18-15(4)27-21-19(18)20(25)22-17(23-21)11-24-9-13(2)26-14(3)10-24/h5-8,13-14H,9-11H2,1-4H3,(H,22,23,25)/p+1/t13-,14-/m0/s1. The summed E-state index contributed by atoms with van der Waals surface area (Å²) in [6, 6.07) is 8.33. The molecule has 3 aromatic rings. The zero-order chi connectivity index (χ0) is 19.1. The molecule has 0 radical (unpaired) electrons. The van der Waals surface area contributed by atoms with Crippen LogP contribution in [-0.2, 0) is 11.3 Å². The van der Waals surface area contributed by atoms with E-state index in [0.29, 0.717) is 5.39 Å². The summed E-state index contributed by atoms with van der Waals surface area (Å²) in [5.74, 6) is 0.764. The molecule has 0 amide bonds. The summed E-state index contributed by atoms with van der Waals surface area (Å²) in [5.41, 5.74) is 3.26. The van der Waals surface area contributed by atoms with E-state index < -0.39 is 0 Å². The highest BCUT2D eigenvalue weighted by molar-refractivity contribution is 7.19. The number of H-pyrrole nitrogens is 1. The number of nitrogens with one attached hydrogen (secondary N) is 2. The number of hydrogen-bond donors (Lipinski definition) is 2. The fraction of sp³-hybridized carbons (Fsp3) is 0.429. The van der Waals surface area contributed by atoms with Crippen LogP contribution >= 0.6 is 11.3 Å². The van der Waals surface area contributed by atoms with Crippen molar-refractivity contribution < 1.29 is 9.64 Å². The Morgan fingerprint density at radius 1 is 1.19 bits per heavy atom. The number of benzene rings is 1. The van der Waals surface area contributed by atoms with Crippen LogP contribution in [0.1, 0.15) is 30.1 Å². The summed E-state index contributed by atoms with van der Waals surface area (Å²) in [7, 11) is 0. The summed E-state index contributed by atoms with van der Waals surface area (Å²) in [6.07, 6.45) is 0.465. The molecule has 27 heavy (non-hydrogen) atoms. The van der Waals surface area contributed by atoms with E-state index in [1.54, 1.807) is 11.3 Å². The average Bonchev–Trinajstić information content (AvgIpc) is 2.91. The maximum absolute atomic E-state index is 12.9. The third-order valence-corrected chi connectivity index (χ3v) is 6.16. The average molecular weight is 385 g/mol. The predicted molar refractivity (Wildman–Crippen MR) is 110 cm³/mol. The molecule has 1 aliphatic rings. The highest BCUT2D eigenvalue weighted by atomic mass is 32.1. The van der Waals surface area contributed by atoms with E-state index in [1.807, 2.05) is 0 Å². The Kier molecular flexibility index (Phi) is 4.88. The fourth-order valence-electron chi connectivity index (χ4n) is 4.09. The van der Waals surface area contributed by atoms with Crippen LogP contribution in [0, 0.1) is 13.8 Å². The maximum atomic E-state index is 12.9. The number of quaternary nitrogens is 1. The number of nitrogens with zero attached hydrogens (tertiary/aromatic N) is 1. The van der Waals surface area contributed by atoms with Gasteiger partial charge in [-0.15, -0.1) is 11.3 Å². The van der Waals surface area contributed by atoms with E-state index in [1.165, 1.54) is 10.5 Å². The van der Waals surface area contributed by atoms with Crippen LogP contribution in [0.25, 0.3) is 21.3 Å². The zero-order valence-electron chi connectivity index (χ0n) is 16.3. The summed E-state index contributed by atoms with van der Waals surface area (Å²) >= 11 is 1.60. The van der Waals surface area contributed by atoms with Crippen LogP contribution in [0.3, 0.4) is 0 Å². The fourth-order valence-corrected chi connectivity index (χ4v) is 5.15.